The molecule has 0 amide bonds. The normalized spacial score (nSPS) is 22.1. The molecule has 1 aromatic rings. The number of hydrogen-bond donors (Lipinski definition) is 1. The lowest BCUT2D eigenvalue weighted by molar-refractivity contribution is 0.187. The van der Waals surface area contributed by atoms with Crippen molar-refractivity contribution >= 4 is 5.69 Å². The van der Waals surface area contributed by atoms with Gasteiger partial charge in [-0.1, -0.05) is 12.8 Å². The molecule has 0 unspecified atom stereocenters. The molecule has 0 bridgehead atoms. The summed E-state index contributed by atoms with van der Waals surface area (Å²) in [5.41, 5.74) is 8.26. The molecule has 2 fully saturated rings. The molecule has 1 saturated carbocycles. The van der Waals surface area contributed by atoms with Crippen LogP contribution in [0.3, 0.4) is 0 Å². The van der Waals surface area contributed by atoms with E-state index in [1.807, 2.05) is 18.5 Å². The quantitative estimate of drug-likeness (QED) is 0.897. The van der Waals surface area contributed by atoms with Gasteiger partial charge >= 0.3 is 0 Å². The maximum absolute atomic E-state index is 5.82. The largest absolute Gasteiger partial charge is 0.367 e. The average Bonchev–Trinajstić information content (AvgIpc) is 3.02. The maximum Gasteiger partial charge on any atom is 0.0599 e. The molecule has 1 aromatic heterocycles. The Hall–Kier alpha value is -1.13. The zero-order valence-electron chi connectivity index (χ0n) is 11.6. The van der Waals surface area contributed by atoms with E-state index in [9.17, 15) is 0 Å². The van der Waals surface area contributed by atoms with Gasteiger partial charge in [-0.3, -0.25) is 9.88 Å². The Morgan fingerprint density at radius 3 is 2.58 bits per heavy atom. The zero-order chi connectivity index (χ0) is 13.1. The van der Waals surface area contributed by atoms with Crippen LogP contribution in [-0.2, 0) is 6.54 Å². The summed E-state index contributed by atoms with van der Waals surface area (Å²) in [5, 5.41) is 0. The highest BCUT2D eigenvalue weighted by molar-refractivity contribution is 5.52. The second-order valence-electron chi connectivity index (χ2n) is 5.67. The first-order valence-electron chi connectivity index (χ1n) is 7.50. The summed E-state index contributed by atoms with van der Waals surface area (Å²) in [4.78, 5) is 9.38. The molecule has 2 N–H and O–H groups in total. The van der Waals surface area contributed by atoms with E-state index >= 15 is 0 Å². The van der Waals surface area contributed by atoms with Crippen molar-refractivity contribution in [3.05, 3.63) is 24.0 Å². The van der Waals surface area contributed by atoms with Gasteiger partial charge in [-0.25, -0.2) is 0 Å². The lowest BCUT2D eigenvalue weighted by Crippen LogP contribution is -2.50. The number of piperazine rings is 1. The van der Waals surface area contributed by atoms with Gasteiger partial charge in [-0.05, 0) is 24.5 Å². The van der Waals surface area contributed by atoms with Crippen LogP contribution in [0.15, 0.2) is 18.5 Å². The van der Waals surface area contributed by atoms with Gasteiger partial charge in [0.15, 0.2) is 0 Å². The Morgan fingerprint density at radius 2 is 1.89 bits per heavy atom. The second-order valence-corrected chi connectivity index (χ2v) is 5.67. The summed E-state index contributed by atoms with van der Waals surface area (Å²) in [5.74, 6) is 0. The van der Waals surface area contributed by atoms with E-state index in [0.29, 0.717) is 6.54 Å². The van der Waals surface area contributed by atoms with Crippen molar-refractivity contribution in [3.63, 3.8) is 0 Å². The summed E-state index contributed by atoms with van der Waals surface area (Å²) in [6.07, 6.45) is 9.45. The van der Waals surface area contributed by atoms with Crippen LogP contribution in [0.25, 0.3) is 0 Å². The van der Waals surface area contributed by atoms with Crippen LogP contribution in [0.4, 0.5) is 5.69 Å². The van der Waals surface area contributed by atoms with Crippen molar-refractivity contribution < 1.29 is 0 Å². The number of rotatable bonds is 3. The molecule has 2 heterocycles. The first-order chi connectivity index (χ1) is 9.38. The summed E-state index contributed by atoms with van der Waals surface area (Å²) in [7, 11) is 0. The monoisotopic (exact) mass is 260 g/mol. The molecule has 0 spiro atoms. The highest BCUT2D eigenvalue weighted by Crippen LogP contribution is 2.26. The predicted octanol–water partition coefficient (Wildman–Crippen LogP) is 1.60. The molecule has 3 rings (SSSR count). The molecular weight excluding hydrogens is 236 g/mol. The predicted molar refractivity (Wildman–Crippen MR) is 78.2 cm³/mol. The summed E-state index contributed by atoms with van der Waals surface area (Å²) in [6, 6.07) is 2.89. The Morgan fingerprint density at radius 1 is 1.16 bits per heavy atom. The lowest BCUT2D eigenvalue weighted by atomic mass is 10.1. The van der Waals surface area contributed by atoms with Crippen molar-refractivity contribution in [1.29, 1.82) is 0 Å². The van der Waals surface area contributed by atoms with Crippen LogP contribution >= 0.6 is 0 Å². The Kier molecular flexibility index (Phi) is 3.99. The molecule has 0 atom stereocenters. The fourth-order valence-corrected chi connectivity index (χ4v) is 3.47. The first kappa shape index (κ1) is 12.9. The minimum absolute atomic E-state index is 0.598. The van der Waals surface area contributed by atoms with Gasteiger partial charge in [0.25, 0.3) is 0 Å². The van der Waals surface area contributed by atoms with Crippen LogP contribution in [0, 0.1) is 0 Å². The third-order valence-corrected chi connectivity index (χ3v) is 4.60. The van der Waals surface area contributed by atoms with Crippen LogP contribution in [-0.4, -0.2) is 42.1 Å². The van der Waals surface area contributed by atoms with Crippen LogP contribution in [0.1, 0.15) is 31.2 Å². The standard InChI is InChI=1S/C15H24N4/c16-11-13-5-6-17-12-15(13)19-9-7-18(8-10-19)14-3-1-2-4-14/h5-6,12,14H,1-4,7-11,16H2. The molecule has 4 heteroatoms. The fraction of sp³-hybridized carbons (Fsp3) is 0.667. The van der Waals surface area contributed by atoms with Gasteiger partial charge in [0, 0.05) is 45.0 Å². The third kappa shape index (κ3) is 2.74. The molecule has 1 saturated heterocycles. The topological polar surface area (TPSA) is 45.4 Å². The number of nitrogens with zero attached hydrogens (tertiary/aromatic N) is 3. The van der Waals surface area contributed by atoms with Gasteiger partial charge in [0.2, 0.25) is 0 Å². The fourth-order valence-electron chi connectivity index (χ4n) is 3.47. The maximum atomic E-state index is 5.82. The van der Waals surface area contributed by atoms with Gasteiger partial charge in [-0.2, -0.15) is 0 Å². The summed E-state index contributed by atoms with van der Waals surface area (Å²) in [6.45, 7) is 5.18. The van der Waals surface area contributed by atoms with Gasteiger partial charge in [-0.15, -0.1) is 0 Å². The van der Waals surface area contributed by atoms with Crippen LogP contribution < -0.4 is 10.6 Å². The van der Waals surface area contributed by atoms with Crippen molar-refractivity contribution in [3.8, 4) is 0 Å². The summed E-state index contributed by atoms with van der Waals surface area (Å²) < 4.78 is 0. The minimum Gasteiger partial charge on any atom is -0.367 e. The van der Waals surface area contributed by atoms with Crippen molar-refractivity contribution in [2.75, 3.05) is 31.1 Å². The molecule has 4 nitrogen and oxygen atoms in total. The second kappa shape index (κ2) is 5.88. The van der Waals surface area contributed by atoms with Gasteiger partial charge in [0.05, 0.1) is 11.9 Å². The molecule has 2 aliphatic rings. The molecule has 1 aliphatic heterocycles. The number of nitrogens with two attached hydrogens (primary N) is 1. The van der Waals surface area contributed by atoms with Gasteiger partial charge < -0.3 is 10.6 Å². The molecule has 104 valence electrons. The number of hydrogen-bond acceptors (Lipinski definition) is 4. The zero-order valence-corrected chi connectivity index (χ0v) is 11.6. The van der Waals surface area contributed by atoms with E-state index < -0.39 is 0 Å². The van der Waals surface area contributed by atoms with E-state index in [0.717, 1.165) is 19.1 Å². The Balaban J connectivity index is 1.63. The van der Waals surface area contributed by atoms with E-state index in [1.165, 1.54) is 50.0 Å². The number of aromatic nitrogens is 1. The van der Waals surface area contributed by atoms with E-state index in [-0.39, 0.29) is 0 Å². The number of anilines is 1. The van der Waals surface area contributed by atoms with Gasteiger partial charge in [0.1, 0.15) is 0 Å². The van der Waals surface area contributed by atoms with Crippen LogP contribution in [0.5, 0.6) is 0 Å². The number of pyridine rings is 1. The highest BCUT2D eigenvalue weighted by Gasteiger charge is 2.26. The smallest absolute Gasteiger partial charge is 0.0599 e. The average molecular weight is 260 g/mol. The molecule has 0 aromatic carbocycles. The lowest BCUT2D eigenvalue weighted by Gasteiger charge is -2.39. The molecule has 1 aliphatic carbocycles. The Bertz CT molecular complexity index is 406. The first-order valence-corrected chi connectivity index (χ1v) is 7.50. The van der Waals surface area contributed by atoms with E-state index in [1.54, 1.807) is 0 Å². The van der Waals surface area contributed by atoms with Crippen molar-refractivity contribution in [1.82, 2.24) is 9.88 Å². The third-order valence-electron chi connectivity index (χ3n) is 4.60. The van der Waals surface area contributed by atoms with Crippen LogP contribution in [0.2, 0.25) is 0 Å². The minimum atomic E-state index is 0.598. The Labute approximate surface area is 115 Å². The van der Waals surface area contributed by atoms with E-state index in [4.69, 9.17) is 5.73 Å². The van der Waals surface area contributed by atoms with Crippen molar-refractivity contribution in [2.45, 2.75) is 38.3 Å². The molecule has 0 radical (unpaired) electrons. The SMILES string of the molecule is NCc1ccncc1N1CCN(C2CCCC2)CC1. The summed E-state index contributed by atoms with van der Waals surface area (Å²) >= 11 is 0. The van der Waals surface area contributed by atoms with E-state index in [2.05, 4.69) is 14.8 Å². The molecule has 19 heavy (non-hydrogen) atoms. The molecular formula is C15H24N4. The highest BCUT2D eigenvalue weighted by atomic mass is 15.3. The van der Waals surface area contributed by atoms with Crippen molar-refractivity contribution in [2.24, 2.45) is 5.73 Å².